The molecule has 7 heteroatoms. The Morgan fingerprint density at radius 3 is 2.88 bits per heavy atom. The third-order valence-electron chi connectivity index (χ3n) is 4.58. The van der Waals surface area contributed by atoms with Crippen molar-refractivity contribution in [3.05, 3.63) is 47.3 Å². The van der Waals surface area contributed by atoms with Crippen molar-refractivity contribution in [2.45, 2.75) is 38.0 Å². The van der Waals surface area contributed by atoms with Gasteiger partial charge < -0.3 is 9.47 Å². The minimum absolute atomic E-state index is 0.121. The Hall–Kier alpha value is -2.12. The second-order valence-electron chi connectivity index (χ2n) is 6.26. The fourth-order valence-corrected chi connectivity index (χ4v) is 4.99. The predicted molar refractivity (Wildman–Crippen MR) is 107 cm³/mol. The van der Waals surface area contributed by atoms with E-state index in [-0.39, 0.29) is 11.9 Å². The van der Waals surface area contributed by atoms with Crippen molar-refractivity contribution >= 4 is 34.7 Å². The first-order valence-electron chi connectivity index (χ1n) is 8.69. The van der Waals surface area contributed by atoms with E-state index in [4.69, 9.17) is 0 Å². The number of hydrogen-bond acceptors (Lipinski definition) is 5. The summed E-state index contributed by atoms with van der Waals surface area (Å²) in [5.74, 6) is 1.36. The number of benzene rings is 1. The van der Waals surface area contributed by atoms with Gasteiger partial charge in [-0.1, -0.05) is 36.0 Å². The smallest absolute Gasteiger partial charge is 0.237 e. The molecule has 0 spiro atoms. The summed E-state index contributed by atoms with van der Waals surface area (Å²) in [5, 5.41) is 11.5. The van der Waals surface area contributed by atoms with Crippen molar-refractivity contribution in [2.24, 2.45) is 0 Å². The highest BCUT2D eigenvalue weighted by atomic mass is 32.2. The number of nitrogens with zero attached hydrogens (tertiary/aromatic N) is 4. The highest BCUT2D eigenvalue weighted by Gasteiger charge is 2.30. The standard InChI is InChI=1S/C19H20N4OS2/c1-3-22-18(16-9-6-10-25-16)20-21-19(22)26-12-17(24)23-13(2)11-14-7-4-5-8-15(14)23/h4-10,13H,3,11-12H2,1-2H3. The van der Waals surface area contributed by atoms with Crippen molar-refractivity contribution in [1.82, 2.24) is 14.8 Å². The molecule has 4 rings (SSSR count). The van der Waals surface area contributed by atoms with Crippen molar-refractivity contribution in [2.75, 3.05) is 10.7 Å². The topological polar surface area (TPSA) is 51.0 Å². The van der Waals surface area contributed by atoms with Crippen molar-refractivity contribution in [3.63, 3.8) is 0 Å². The molecule has 1 unspecified atom stereocenters. The molecule has 1 aliphatic heterocycles. The van der Waals surface area contributed by atoms with Gasteiger partial charge >= 0.3 is 0 Å². The zero-order valence-electron chi connectivity index (χ0n) is 14.8. The van der Waals surface area contributed by atoms with E-state index in [1.165, 1.54) is 17.3 Å². The summed E-state index contributed by atoms with van der Waals surface area (Å²) in [6, 6.07) is 12.4. The first kappa shape index (κ1) is 17.3. The molecule has 3 aromatic rings. The van der Waals surface area contributed by atoms with E-state index in [2.05, 4.69) is 34.7 Å². The molecule has 26 heavy (non-hydrogen) atoms. The monoisotopic (exact) mass is 384 g/mol. The van der Waals surface area contributed by atoms with Crippen LogP contribution < -0.4 is 4.90 Å². The maximum atomic E-state index is 12.9. The number of hydrogen-bond donors (Lipinski definition) is 0. The molecule has 1 aliphatic rings. The third-order valence-corrected chi connectivity index (χ3v) is 6.39. The first-order chi connectivity index (χ1) is 12.7. The highest BCUT2D eigenvalue weighted by Crippen LogP contribution is 2.33. The summed E-state index contributed by atoms with van der Waals surface area (Å²) >= 11 is 3.11. The van der Waals surface area contributed by atoms with Gasteiger partial charge in [0.2, 0.25) is 5.91 Å². The Kier molecular flexibility index (Phi) is 4.82. The third kappa shape index (κ3) is 3.05. The molecule has 3 heterocycles. The lowest BCUT2D eigenvalue weighted by molar-refractivity contribution is -0.116. The Bertz CT molecular complexity index is 920. The molecular weight excluding hydrogens is 364 g/mol. The number of carbonyl (C=O) groups excluding carboxylic acids is 1. The van der Waals surface area contributed by atoms with Crippen LogP contribution in [0.5, 0.6) is 0 Å². The number of fused-ring (bicyclic) bond motifs is 1. The number of anilines is 1. The molecule has 1 amide bonds. The van der Waals surface area contributed by atoms with Gasteiger partial charge in [0.15, 0.2) is 11.0 Å². The SMILES string of the molecule is CCn1c(SCC(=O)N2c3ccccc3CC2C)nnc1-c1cccs1. The number of thioether (sulfide) groups is 1. The molecule has 0 saturated carbocycles. The van der Waals surface area contributed by atoms with Crippen LogP contribution in [0, 0.1) is 0 Å². The number of thiophene rings is 1. The first-order valence-corrected chi connectivity index (χ1v) is 10.6. The van der Waals surface area contributed by atoms with E-state index in [1.807, 2.05) is 40.6 Å². The van der Waals surface area contributed by atoms with Gasteiger partial charge in [-0.2, -0.15) is 0 Å². The lowest BCUT2D eigenvalue weighted by atomic mass is 10.1. The average molecular weight is 385 g/mol. The second-order valence-corrected chi connectivity index (χ2v) is 8.15. The number of rotatable bonds is 5. The number of carbonyl (C=O) groups is 1. The molecule has 1 aromatic carbocycles. The van der Waals surface area contributed by atoms with Crippen LogP contribution in [0.25, 0.3) is 10.7 Å². The summed E-state index contributed by atoms with van der Waals surface area (Å²) in [5.41, 5.74) is 2.29. The van der Waals surface area contributed by atoms with Crippen LogP contribution in [0.2, 0.25) is 0 Å². The fraction of sp³-hybridized carbons (Fsp3) is 0.316. The van der Waals surface area contributed by atoms with Gasteiger partial charge in [0.25, 0.3) is 0 Å². The number of para-hydroxylation sites is 1. The quantitative estimate of drug-likeness (QED) is 0.622. The summed E-state index contributed by atoms with van der Waals surface area (Å²) in [6.07, 6.45) is 0.917. The fourth-order valence-electron chi connectivity index (χ4n) is 3.41. The molecule has 0 N–H and O–H groups in total. The van der Waals surface area contributed by atoms with E-state index in [0.29, 0.717) is 5.75 Å². The van der Waals surface area contributed by atoms with Crippen LogP contribution in [0.4, 0.5) is 5.69 Å². The molecule has 0 bridgehead atoms. The van der Waals surface area contributed by atoms with E-state index in [9.17, 15) is 4.79 Å². The van der Waals surface area contributed by atoms with Crippen LogP contribution in [-0.4, -0.2) is 32.5 Å². The van der Waals surface area contributed by atoms with Gasteiger partial charge in [0, 0.05) is 18.3 Å². The molecule has 5 nitrogen and oxygen atoms in total. The average Bonchev–Trinajstić information content (AvgIpc) is 3.36. The summed E-state index contributed by atoms with van der Waals surface area (Å²) in [7, 11) is 0. The Balaban J connectivity index is 1.51. The molecule has 0 fully saturated rings. The lowest BCUT2D eigenvalue weighted by Gasteiger charge is -2.22. The summed E-state index contributed by atoms with van der Waals surface area (Å²) in [6.45, 7) is 4.96. The molecule has 0 aliphatic carbocycles. The molecule has 134 valence electrons. The molecule has 2 aromatic heterocycles. The minimum atomic E-state index is 0.121. The van der Waals surface area contributed by atoms with Crippen LogP contribution in [-0.2, 0) is 17.8 Å². The Morgan fingerprint density at radius 1 is 1.27 bits per heavy atom. The maximum absolute atomic E-state index is 12.9. The molecular formula is C19H20N4OS2. The van der Waals surface area contributed by atoms with Gasteiger partial charge in [-0.3, -0.25) is 4.79 Å². The van der Waals surface area contributed by atoms with Crippen LogP contribution in [0.15, 0.2) is 46.9 Å². The second kappa shape index (κ2) is 7.25. The minimum Gasteiger partial charge on any atom is -0.308 e. The largest absolute Gasteiger partial charge is 0.308 e. The summed E-state index contributed by atoms with van der Waals surface area (Å²) < 4.78 is 2.07. The lowest BCUT2D eigenvalue weighted by Crippen LogP contribution is -2.37. The zero-order chi connectivity index (χ0) is 18.1. The number of amides is 1. The van der Waals surface area contributed by atoms with E-state index >= 15 is 0 Å². The van der Waals surface area contributed by atoms with Crippen molar-refractivity contribution < 1.29 is 4.79 Å². The predicted octanol–water partition coefficient (Wildman–Crippen LogP) is 4.10. The molecule has 1 atom stereocenters. The number of aromatic nitrogens is 3. The Labute approximate surface area is 161 Å². The highest BCUT2D eigenvalue weighted by molar-refractivity contribution is 7.99. The van der Waals surface area contributed by atoms with Crippen molar-refractivity contribution in [3.8, 4) is 10.7 Å². The van der Waals surface area contributed by atoms with Crippen LogP contribution >= 0.6 is 23.1 Å². The normalized spacial score (nSPS) is 16.1. The van der Waals surface area contributed by atoms with Crippen LogP contribution in [0.1, 0.15) is 19.4 Å². The Morgan fingerprint density at radius 2 is 2.12 bits per heavy atom. The van der Waals surface area contributed by atoms with Crippen molar-refractivity contribution in [1.29, 1.82) is 0 Å². The van der Waals surface area contributed by atoms with Gasteiger partial charge in [-0.05, 0) is 43.3 Å². The molecule has 0 radical (unpaired) electrons. The van der Waals surface area contributed by atoms with E-state index in [1.54, 1.807) is 11.3 Å². The maximum Gasteiger partial charge on any atom is 0.237 e. The van der Waals surface area contributed by atoms with E-state index in [0.717, 1.165) is 34.5 Å². The van der Waals surface area contributed by atoms with Crippen LogP contribution in [0.3, 0.4) is 0 Å². The molecule has 0 saturated heterocycles. The zero-order valence-corrected chi connectivity index (χ0v) is 16.4. The van der Waals surface area contributed by atoms with Gasteiger partial charge in [0.05, 0.1) is 10.6 Å². The van der Waals surface area contributed by atoms with Gasteiger partial charge in [-0.25, -0.2) is 0 Å². The van der Waals surface area contributed by atoms with E-state index < -0.39 is 0 Å². The van der Waals surface area contributed by atoms with Gasteiger partial charge in [-0.15, -0.1) is 21.5 Å². The van der Waals surface area contributed by atoms with Gasteiger partial charge in [0.1, 0.15) is 0 Å². The summed E-state index contributed by atoms with van der Waals surface area (Å²) in [4.78, 5) is 15.9.